The van der Waals surface area contributed by atoms with Gasteiger partial charge in [0, 0.05) is 5.39 Å². The molecular weight excluding hydrogens is 266 g/mol. The van der Waals surface area contributed by atoms with Gasteiger partial charge in [-0.3, -0.25) is 4.79 Å². The molecule has 0 unspecified atom stereocenters. The molecule has 0 radical (unpaired) electrons. The van der Waals surface area contributed by atoms with Gasteiger partial charge < -0.3 is 10.1 Å². The highest BCUT2D eigenvalue weighted by molar-refractivity contribution is 6.29. The van der Waals surface area contributed by atoms with E-state index in [1.165, 1.54) is 7.11 Å². The zero-order chi connectivity index (χ0) is 13.8. The van der Waals surface area contributed by atoms with Gasteiger partial charge in [0.25, 0.3) is 0 Å². The van der Waals surface area contributed by atoms with Crippen LogP contribution in [0.5, 0.6) is 0 Å². The van der Waals surface area contributed by atoms with Gasteiger partial charge in [-0.05, 0) is 11.5 Å². The van der Waals surface area contributed by atoms with Crippen molar-refractivity contribution in [3.8, 4) is 0 Å². The maximum atomic E-state index is 11.7. The molecule has 0 saturated carbocycles. The average molecular weight is 278 g/mol. The number of carbonyl (C=O) groups excluding carboxylic acids is 2. The summed E-state index contributed by atoms with van der Waals surface area (Å²) in [7, 11) is 1.30. The minimum Gasteiger partial charge on any atom is -0.465 e. The number of fused-ring (bicyclic) bond motifs is 1. The van der Waals surface area contributed by atoms with E-state index in [1.807, 2.05) is 24.3 Å². The number of hydrogen-bond donors (Lipinski definition) is 1. The van der Waals surface area contributed by atoms with Gasteiger partial charge >= 0.3 is 5.97 Å². The molecule has 0 fully saturated rings. The first kappa shape index (κ1) is 13.4. The predicted octanol–water partition coefficient (Wildman–Crippen LogP) is 2.80. The summed E-state index contributed by atoms with van der Waals surface area (Å²) in [6, 6.07) is 10.9. The second-order valence-corrected chi connectivity index (χ2v) is 4.15. The highest BCUT2D eigenvalue weighted by Gasteiger charge is 2.16. The molecule has 0 aliphatic carbocycles. The van der Waals surface area contributed by atoms with E-state index < -0.39 is 5.97 Å². The van der Waals surface area contributed by atoms with E-state index in [-0.39, 0.29) is 11.8 Å². The van der Waals surface area contributed by atoms with Crippen LogP contribution in [0.4, 0.5) is 5.69 Å². The third kappa shape index (κ3) is 2.69. The fourth-order valence-corrected chi connectivity index (χ4v) is 1.93. The lowest BCUT2D eigenvalue weighted by atomic mass is 10.0. The average Bonchev–Trinajstić information content (AvgIpc) is 2.46. The number of hydrogen-bond acceptors (Lipinski definition) is 3. The number of rotatable bonds is 3. The summed E-state index contributed by atoms with van der Waals surface area (Å²) in [5.74, 6) is -1.05. The van der Waals surface area contributed by atoms with Crippen LogP contribution >= 0.6 is 11.6 Å². The van der Waals surface area contributed by atoms with E-state index in [0.29, 0.717) is 11.3 Å². The lowest BCUT2D eigenvalue weighted by molar-refractivity contribution is -0.113. The van der Waals surface area contributed by atoms with Gasteiger partial charge in [0.1, 0.15) is 5.88 Å². The summed E-state index contributed by atoms with van der Waals surface area (Å²) < 4.78 is 4.72. The summed E-state index contributed by atoms with van der Waals surface area (Å²) in [4.78, 5) is 23.2. The largest absolute Gasteiger partial charge is 0.465 e. The molecule has 0 aliphatic heterocycles. The lowest BCUT2D eigenvalue weighted by Gasteiger charge is -2.12. The number of alkyl halides is 1. The van der Waals surface area contributed by atoms with E-state index in [1.54, 1.807) is 12.1 Å². The number of amides is 1. The third-order valence-electron chi connectivity index (χ3n) is 2.72. The Morgan fingerprint density at radius 3 is 2.63 bits per heavy atom. The van der Waals surface area contributed by atoms with Crippen molar-refractivity contribution < 1.29 is 14.3 Å². The second-order valence-electron chi connectivity index (χ2n) is 3.88. The minimum absolute atomic E-state index is 0.177. The monoisotopic (exact) mass is 277 g/mol. The number of ether oxygens (including phenoxy) is 1. The van der Waals surface area contributed by atoms with Crippen LogP contribution in [0.1, 0.15) is 10.4 Å². The molecule has 0 heterocycles. The topological polar surface area (TPSA) is 55.4 Å². The first-order valence-electron chi connectivity index (χ1n) is 5.63. The normalized spacial score (nSPS) is 10.2. The first-order valence-corrected chi connectivity index (χ1v) is 6.16. The standard InChI is InChI=1S/C14H12ClNO3/c1-19-14(18)11-7-6-9-4-2-3-5-10(9)13(11)16-12(17)8-15/h2-7H,8H2,1H3,(H,16,17). The second kappa shape index (κ2) is 5.71. The molecule has 1 amide bonds. The molecule has 0 spiro atoms. The molecule has 4 nitrogen and oxygen atoms in total. The summed E-state index contributed by atoms with van der Waals surface area (Å²) in [5, 5.41) is 4.33. The van der Waals surface area contributed by atoms with Crippen LogP contribution in [0.15, 0.2) is 36.4 Å². The van der Waals surface area contributed by atoms with Crippen LogP contribution in [0.25, 0.3) is 10.8 Å². The van der Waals surface area contributed by atoms with Crippen molar-refractivity contribution in [3.63, 3.8) is 0 Å². The van der Waals surface area contributed by atoms with Crippen LogP contribution in [0.2, 0.25) is 0 Å². The molecule has 0 aromatic heterocycles. The van der Waals surface area contributed by atoms with Crippen LogP contribution in [-0.2, 0) is 9.53 Å². The van der Waals surface area contributed by atoms with E-state index in [0.717, 1.165) is 10.8 Å². The Morgan fingerprint density at radius 2 is 1.95 bits per heavy atom. The zero-order valence-corrected chi connectivity index (χ0v) is 11.0. The summed E-state index contributed by atoms with van der Waals surface area (Å²) in [6.45, 7) is 0. The van der Waals surface area contributed by atoms with E-state index in [2.05, 4.69) is 5.32 Å². The molecule has 0 atom stereocenters. The zero-order valence-electron chi connectivity index (χ0n) is 10.3. The molecule has 19 heavy (non-hydrogen) atoms. The van der Waals surface area contributed by atoms with E-state index in [4.69, 9.17) is 16.3 Å². The number of esters is 1. The maximum Gasteiger partial charge on any atom is 0.339 e. The van der Waals surface area contributed by atoms with Crippen molar-refractivity contribution in [1.29, 1.82) is 0 Å². The Morgan fingerprint density at radius 1 is 1.21 bits per heavy atom. The SMILES string of the molecule is COC(=O)c1ccc2ccccc2c1NC(=O)CCl. The smallest absolute Gasteiger partial charge is 0.339 e. The van der Waals surface area contributed by atoms with Crippen LogP contribution in [0, 0.1) is 0 Å². The summed E-state index contributed by atoms with van der Waals surface area (Å²) in [5.41, 5.74) is 0.732. The highest BCUT2D eigenvalue weighted by Crippen LogP contribution is 2.28. The molecule has 2 aromatic carbocycles. The molecule has 2 aromatic rings. The molecule has 0 aliphatic rings. The van der Waals surface area contributed by atoms with Crippen LogP contribution < -0.4 is 5.32 Å². The minimum atomic E-state index is -0.504. The summed E-state index contributed by atoms with van der Waals surface area (Å²) >= 11 is 5.49. The molecule has 5 heteroatoms. The molecule has 2 rings (SSSR count). The number of anilines is 1. The van der Waals surface area contributed by atoms with E-state index in [9.17, 15) is 9.59 Å². The van der Waals surface area contributed by atoms with Gasteiger partial charge in [0.15, 0.2) is 0 Å². The fourth-order valence-electron chi connectivity index (χ4n) is 1.86. The summed E-state index contributed by atoms with van der Waals surface area (Å²) in [6.07, 6.45) is 0. The van der Waals surface area contributed by atoms with Crippen molar-refractivity contribution in [2.24, 2.45) is 0 Å². The number of carbonyl (C=O) groups is 2. The number of benzene rings is 2. The molecular formula is C14H12ClNO3. The Labute approximate surface area is 115 Å². The van der Waals surface area contributed by atoms with Gasteiger partial charge in [-0.25, -0.2) is 4.79 Å². The van der Waals surface area contributed by atoms with Crippen LogP contribution in [0.3, 0.4) is 0 Å². The lowest BCUT2D eigenvalue weighted by Crippen LogP contribution is -2.16. The number of nitrogens with one attached hydrogen (secondary N) is 1. The quantitative estimate of drug-likeness (QED) is 0.693. The Bertz CT molecular complexity index is 640. The molecule has 98 valence electrons. The van der Waals surface area contributed by atoms with Crippen molar-refractivity contribution in [3.05, 3.63) is 42.0 Å². The van der Waals surface area contributed by atoms with Gasteiger partial charge in [-0.1, -0.05) is 30.3 Å². The van der Waals surface area contributed by atoms with Gasteiger partial charge in [0.2, 0.25) is 5.91 Å². The molecule has 1 N–H and O–H groups in total. The van der Waals surface area contributed by atoms with Crippen molar-refractivity contribution in [2.75, 3.05) is 18.3 Å². The Kier molecular flexibility index (Phi) is 4.02. The first-order chi connectivity index (χ1) is 9.17. The molecule has 0 bridgehead atoms. The van der Waals surface area contributed by atoms with E-state index >= 15 is 0 Å². The van der Waals surface area contributed by atoms with Gasteiger partial charge in [-0.2, -0.15) is 0 Å². The fraction of sp³-hybridized carbons (Fsp3) is 0.143. The van der Waals surface area contributed by atoms with Gasteiger partial charge in [-0.15, -0.1) is 11.6 Å². The highest BCUT2D eigenvalue weighted by atomic mass is 35.5. The maximum absolute atomic E-state index is 11.7. The number of halogens is 1. The Balaban J connectivity index is 2.64. The van der Waals surface area contributed by atoms with Crippen molar-refractivity contribution in [2.45, 2.75) is 0 Å². The Hall–Kier alpha value is -2.07. The third-order valence-corrected chi connectivity index (χ3v) is 2.96. The number of methoxy groups -OCH3 is 1. The molecule has 0 saturated heterocycles. The van der Waals surface area contributed by atoms with Gasteiger partial charge in [0.05, 0.1) is 18.4 Å². The predicted molar refractivity (Wildman–Crippen MR) is 74.6 cm³/mol. The van der Waals surface area contributed by atoms with Crippen molar-refractivity contribution >= 4 is 39.9 Å². The van der Waals surface area contributed by atoms with Crippen molar-refractivity contribution in [1.82, 2.24) is 0 Å². The van der Waals surface area contributed by atoms with Crippen LogP contribution in [-0.4, -0.2) is 24.9 Å².